The van der Waals surface area contributed by atoms with Crippen molar-refractivity contribution < 1.29 is 13.9 Å². The van der Waals surface area contributed by atoms with Crippen molar-refractivity contribution in [2.75, 3.05) is 74.3 Å². The van der Waals surface area contributed by atoms with Crippen molar-refractivity contribution >= 4 is 40.4 Å². The zero-order valence-electron chi connectivity index (χ0n) is 23.6. The number of benzene rings is 2. The molecule has 11 heteroatoms. The third-order valence-corrected chi connectivity index (χ3v) is 7.64. The molecule has 2 aliphatic rings. The fourth-order valence-electron chi connectivity index (χ4n) is 5.30. The number of hydrogen-bond donors (Lipinski definition) is 3. The molecule has 2 aliphatic heterocycles. The number of methoxy groups -OCH3 is 1. The number of piperazine rings is 1. The lowest BCUT2D eigenvalue weighted by atomic mass is 10.0. The quantitative estimate of drug-likeness (QED) is 0.328. The number of likely N-dealkylation sites (N-methyl/N-ethyl adjacent to an activating group) is 1. The van der Waals surface area contributed by atoms with Gasteiger partial charge >= 0.3 is 0 Å². The van der Waals surface area contributed by atoms with E-state index in [2.05, 4.69) is 60.3 Å². The average Bonchev–Trinajstić information content (AvgIpc) is 2.99. The Morgan fingerprint density at radius 1 is 1.05 bits per heavy atom. The molecule has 2 aromatic carbocycles. The van der Waals surface area contributed by atoms with Crippen molar-refractivity contribution in [1.82, 2.24) is 19.8 Å². The van der Waals surface area contributed by atoms with Crippen molar-refractivity contribution in [2.45, 2.75) is 18.9 Å². The van der Waals surface area contributed by atoms with Crippen LogP contribution in [-0.4, -0.2) is 85.1 Å². The molecule has 0 radical (unpaired) electrons. The van der Waals surface area contributed by atoms with Crippen molar-refractivity contribution in [1.29, 1.82) is 0 Å². The van der Waals surface area contributed by atoms with Gasteiger partial charge in [0.2, 0.25) is 11.9 Å². The van der Waals surface area contributed by atoms with Gasteiger partial charge in [-0.25, -0.2) is 9.37 Å². The summed E-state index contributed by atoms with van der Waals surface area (Å²) in [7, 11) is 3.82. The Hall–Kier alpha value is -4.22. The van der Waals surface area contributed by atoms with Gasteiger partial charge in [0.25, 0.3) is 0 Å². The van der Waals surface area contributed by atoms with E-state index in [1.165, 1.54) is 6.08 Å². The van der Waals surface area contributed by atoms with E-state index < -0.39 is 5.82 Å². The number of rotatable bonds is 9. The highest BCUT2D eigenvalue weighted by molar-refractivity contribution is 5.99. The largest absolute Gasteiger partial charge is 0.494 e. The van der Waals surface area contributed by atoms with Gasteiger partial charge in [0, 0.05) is 68.4 Å². The predicted octanol–water partition coefficient (Wildman–Crippen LogP) is 4.45. The zero-order valence-corrected chi connectivity index (χ0v) is 23.6. The molecule has 0 atom stereocenters. The molecule has 0 aliphatic carbocycles. The molecule has 3 N–H and O–H groups in total. The number of anilines is 6. The zero-order chi connectivity index (χ0) is 28.8. The molecular formula is C30H37FN8O2. The van der Waals surface area contributed by atoms with Gasteiger partial charge in [-0.15, -0.1) is 0 Å². The average molecular weight is 561 g/mol. The van der Waals surface area contributed by atoms with Crippen LogP contribution in [0.2, 0.25) is 0 Å². The Morgan fingerprint density at radius 2 is 1.80 bits per heavy atom. The van der Waals surface area contributed by atoms with Crippen LogP contribution in [0.25, 0.3) is 0 Å². The van der Waals surface area contributed by atoms with Crippen LogP contribution in [0.1, 0.15) is 12.8 Å². The number of carbonyl (C=O) groups is 1. The second-order valence-electron chi connectivity index (χ2n) is 10.4. The SMILES string of the molecule is C=CC(=O)Nc1cccc(Nc2nc(Nc3ccc(N4CCC(N5CCN(C)CC5)CC4)cc3OC)ncc2F)c1. The van der Waals surface area contributed by atoms with Gasteiger partial charge in [0.15, 0.2) is 11.6 Å². The molecule has 3 heterocycles. The van der Waals surface area contributed by atoms with Crippen molar-refractivity contribution in [2.24, 2.45) is 0 Å². The standard InChI is InChI=1S/C30H37FN8O2/c1-4-28(40)33-21-6-5-7-22(18-21)34-29-25(31)20-32-30(36-29)35-26-9-8-24(19-27(26)41-3)38-12-10-23(11-13-38)39-16-14-37(2)15-17-39/h4-9,18-20,23H,1,10-17H2,2-3H3,(H,33,40)(H2,32,34,35,36). The van der Waals surface area contributed by atoms with Gasteiger partial charge < -0.3 is 30.5 Å². The Kier molecular flexibility index (Phi) is 8.95. The normalized spacial score (nSPS) is 16.7. The number of nitrogens with one attached hydrogen (secondary N) is 3. The first-order valence-corrected chi connectivity index (χ1v) is 13.9. The van der Waals surface area contributed by atoms with Gasteiger partial charge in [0.1, 0.15) is 5.75 Å². The van der Waals surface area contributed by atoms with Gasteiger partial charge in [-0.1, -0.05) is 12.6 Å². The molecule has 0 spiro atoms. The lowest BCUT2D eigenvalue weighted by molar-refractivity contribution is -0.111. The van der Waals surface area contributed by atoms with E-state index in [1.54, 1.807) is 31.4 Å². The van der Waals surface area contributed by atoms with E-state index >= 15 is 0 Å². The number of piperidine rings is 1. The number of hydrogen-bond acceptors (Lipinski definition) is 9. The Balaban J connectivity index is 1.24. The third-order valence-electron chi connectivity index (χ3n) is 7.64. The number of nitrogens with zero attached hydrogens (tertiary/aromatic N) is 5. The number of carbonyl (C=O) groups excluding carboxylic acids is 1. The van der Waals surface area contributed by atoms with E-state index in [-0.39, 0.29) is 17.7 Å². The first kappa shape index (κ1) is 28.3. The second kappa shape index (κ2) is 13.0. The van der Waals surface area contributed by atoms with E-state index in [0.717, 1.165) is 64.0 Å². The van der Waals surface area contributed by atoms with E-state index in [1.807, 2.05) is 12.1 Å². The highest BCUT2D eigenvalue weighted by Crippen LogP contribution is 2.33. The molecule has 216 valence electrons. The van der Waals surface area contributed by atoms with Crippen LogP contribution >= 0.6 is 0 Å². The van der Waals surface area contributed by atoms with Crippen LogP contribution in [0.15, 0.2) is 61.3 Å². The smallest absolute Gasteiger partial charge is 0.247 e. The first-order valence-electron chi connectivity index (χ1n) is 13.9. The fourth-order valence-corrected chi connectivity index (χ4v) is 5.30. The summed E-state index contributed by atoms with van der Waals surface area (Å²) in [6.45, 7) is 10.0. The minimum absolute atomic E-state index is 0.00601. The van der Waals surface area contributed by atoms with E-state index in [4.69, 9.17) is 4.74 Å². The molecule has 0 saturated carbocycles. The summed E-state index contributed by atoms with van der Waals surface area (Å²) in [4.78, 5) is 27.5. The van der Waals surface area contributed by atoms with Crippen LogP contribution in [0, 0.1) is 5.82 Å². The third kappa shape index (κ3) is 7.11. The molecular weight excluding hydrogens is 523 g/mol. The maximum Gasteiger partial charge on any atom is 0.247 e. The number of ether oxygens (including phenoxy) is 1. The molecule has 0 bridgehead atoms. The van der Waals surface area contributed by atoms with Crippen molar-refractivity contribution in [3.8, 4) is 5.75 Å². The number of amides is 1. The molecule has 10 nitrogen and oxygen atoms in total. The summed E-state index contributed by atoms with van der Waals surface area (Å²) in [5, 5.41) is 8.79. The van der Waals surface area contributed by atoms with Gasteiger partial charge in [0.05, 0.1) is 19.0 Å². The summed E-state index contributed by atoms with van der Waals surface area (Å²) >= 11 is 0. The fraction of sp³-hybridized carbons (Fsp3) is 0.367. The topological polar surface area (TPSA) is 97.9 Å². The highest BCUT2D eigenvalue weighted by atomic mass is 19.1. The summed E-state index contributed by atoms with van der Waals surface area (Å²) in [6, 6.07) is 13.5. The molecule has 2 saturated heterocycles. The van der Waals surface area contributed by atoms with Crippen LogP contribution in [-0.2, 0) is 4.79 Å². The Morgan fingerprint density at radius 3 is 2.54 bits per heavy atom. The Bertz CT molecular complexity index is 1370. The number of aromatic nitrogens is 2. The van der Waals surface area contributed by atoms with E-state index in [0.29, 0.717) is 28.9 Å². The minimum atomic E-state index is -0.613. The van der Waals surface area contributed by atoms with Gasteiger partial charge in [-0.3, -0.25) is 9.69 Å². The monoisotopic (exact) mass is 560 g/mol. The molecule has 2 fully saturated rings. The second-order valence-corrected chi connectivity index (χ2v) is 10.4. The van der Waals surface area contributed by atoms with Gasteiger partial charge in [-0.2, -0.15) is 4.98 Å². The van der Waals surface area contributed by atoms with Gasteiger partial charge in [-0.05, 0) is 56.3 Å². The summed E-state index contributed by atoms with van der Waals surface area (Å²) in [5.41, 5.74) is 2.88. The maximum atomic E-state index is 14.6. The first-order chi connectivity index (χ1) is 19.9. The summed E-state index contributed by atoms with van der Waals surface area (Å²) in [5.74, 6) is -0.0929. The van der Waals surface area contributed by atoms with Crippen LogP contribution < -0.4 is 25.6 Å². The van der Waals surface area contributed by atoms with Crippen LogP contribution in [0.4, 0.5) is 38.9 Å². The Labute approximate surface area is 240 Å². The van der Waals surface area contributed by atoms with Crippen molar-refractivity contribution in [3.05, 3.63) is 67.1 Å². The highest BCUT2D eigenvalue weighted by Gasteiger charge is 2.27. The molecule has 1 aromatic heterocycles. The molecule has 3 aromatic rings. The lowest BCUT2D eigenvalue weighted by Gasteiger charge is -2.42. The lowest BCUT2D eigenvalue weighted by Crippen LogP contribution is -2.52. The predicted molar refractivity (Wildman–Crippen MR) is 161 cm³/mol. The van der Waals surface area contributed by atoms with Crippen LogP contribution in [0.5, 0.6) is 5.75 Å². The molecule has 1 amide bonds. The van der Waals surface area contributed by atoms with Crippen LogP contribution in [0.3, 0.4) is 0 Å². The molecule has 5 rings (SSSR count). The molecule has 0 unspecified atom stereocenters. The maximum absolute atomic E-state index is 14.6. The van der Waals surface area contributed by atoms with E-state index in [9.17, 15) is 9.18 Å². The van der Waals surface area contributed by atoms with Crippen molar-refractivity contribution in [3.63, 3.8) is 0 Å². The molecule has 41 heavy (non-hydrogen) atoms. The minimum Gasteiger partial charge on any atom is -0.494 e. The number of halogens is 1. The summed E-state index contributed by atoms with van der Waals surface area (Å²) in [6.07, 6.45) is 4.58. The summed E-state index contributed by atoms with van der Waals surface area (Å²) < 4.78 is 20.3.